The quantitative estimate of drug-likeness (QED) is 0.256. The second kappa shape index (κ2) is 11.1. The predicted octanol–water partition coefficient (Wildman–Crippen LogP) is 7.79. The fourth-order valence-electron chi connectivity index (χ4n) is 6.97. The molecule has 5 heteroatoms. The Hall–Kier alpha value is 0.480. The van der Waals surface area contributed by atoms with E-state index in [-0.39, 0.29) is 9.84 Å². The maximum atomic E-state index is 14.9. The summed E-state index contributed by atoms with van der Waals surface area (Å²) in [5.41, 5.74) is 0. The van der Waals surface area contributed by atoms with Crippen LogP contribution in [0.4, 0.5) is 13.2 Å². The molecule has 0 saturated heterocycles. The summed E-state index contributed by atoms with van der Waals surface area (Å²) >= 11 is 2.27. The molecule has 0 aliphatic heterocycles. The lowest BCUT2D eigenvalue weighted by Crippen LogP contribution is -2.46. The van der Waals surface area contributed by atoms with Gasteiger partial charge in [0.2, 0.25) is 0 Å². The standard InChI is InChI=1S/C25H40F3IO/c26-21-14-19(10-12-22(21)29)17-8-6-16(7-9-17)15-30-23-13-11-20(24(27)25(23)28)18-4-2-1-3-5-18/h16-25H,1-15H2/t16?,17?,19?,20?,21?,22?,23?,24?,25-/m0/s1. The highest BCUT2D eigenvalue weighted by atomic mass is 127. The van der Waals surface area contributed by atoms with Crippen LogP contribution in [0.2, 0.25) is 0 Å². The van der Waals surface area contributed by atoms with Gasteiger partial charge in [-0.2, -0.15) is 0 Å². The molecule has 1 nitrogen and oxygen atoms in total. The van der Waals surface area contributed by atoms with Gasteiger partial charge in [-0.3, -0.25) is 0 Å². The molecular weight excluding hydrogens is 500 g/mol. The topological polar surface area (TPSA) is 9.23 Å². The van der Waals surface area contributed by atoms with Crippen LogP contribution >= 0.6 is 22.6 Å². The Bertz CT molecular complexity index is 521. The van der Waals surface area contributed by atoms with Crippen LogP contribution in [0.15, 0.2) is 0 Å². The molecule has 4 saturated carbocycles. The van der Waals surface area contributed by atoms with Gasteiger partial charge in [-0.15, -0.1) is 0 Å². The number of rotatable bonds is 5. The summed E-state index contributed by atoms with van der Waals surface area (Å²) in [5, 5.41) is 0. The Morgan fingerprint density at radius 2 is 1.37 bits per heavy atom. The van der Waals surface area contributed by atoms with Crippen LogP contribution < -0.4 is 0 Å². The second-order valence-corrected chi connectivity index (χ2v) is 12.4. The zero-order chi connectivity index (χ0) is 21.1. The van der Waals surface area contributed by atoms with E-state index in [1.807, 2.05) is 0 Å². The Morgan fingerprint density at radius 1 is 0.667 bits per heavy atom. The molecule has 0 bridgehead atoms. The van der Waals surface area contributed by atoms with Gasteiger partial charge in [0.1, 0.15) is 12.3 Å². The molecule has 0 amide bonds. The van der Waals surface area contributed by atoms with Crippen LogP contribution in [0.5, 0.6) is 0 Å². The number of alkyl halides is 4. The van der Waals surface area contributed by atoms with Gasteiger partial charge in [0, 0.05) is 10.5 Å². The third kappa shape index (κ3) is 5.69. The van der Waals surface area contributed by atoms with E-state index >= 15 is 0 Å². The number of hydrogen-bond donors (Lipinski definition) is 0. The van der Waals surface area contributed by atoms with Crippen molar-refractivity contribution >= 4 is 22.6 Å². The first-order valence-electron chi connectivity index (χ1n) is 12.7. The van der Waals surface area contributed by atoms with Crippen molar-refractivity contribution in [1.29, 1.82) is 0 Å². The first-order chi connectivity index (χ1) is 14.5. The van der Waals surface area contributed by atoms with Crippen LogP contribution in [0.1, 0.15) is 89.9 Å². The molecule has 4 aliphatic carbocycles. The third-order valence-electron chi connectivity index (χ3n) is 8.95. The summed E-state index contributed by atoms with van der Waals surface area (Å²) in [6.07, 6.45) is 10.7. The van der Waals surface area contributed by atoms with Crippen molar-refractivity contribution in [2.24, 2.45) is 29.6 Å². The molecule has 0 heterocycles. The lowest BCUT2D eigenvalue weighted by atomic mass is 9.70. The van der Waals surface area contributed by atoms with Crippen molar-refractivity contribution in [2.75, 3.05) is 6.61 Å². The van der Waals surface area contributed by atoms with E-state index in [0.29, 0.717) is 36.7 Å². The predicted molar refractivity (Wildman–Crippen MR) is 124 cm³/mol. The van der Waals surface area contributed by atoms with Gasteiger partial charge in [0.05, 0.1) is 6.10 Å². The maximum absolute atomic E-state index is 14.9. The zero-order valence-corrected chi connectivity index (χ0v) is 20.5. The van der Waals surface area contributed by atoms with E-state index in [2.05, 4.69) is 22.6 Å². The Labute approximate surface area is 194 Å². The summed E-state index contributed by atoms with van der Waals surface area (Å²) in [6.45, 7) is 0.574. The lowest BCUT2D eigenvalue weighted by molar-refractivity contribution is -0.0969. The monoisotopic (exact) mass is 540 g/mol. The molecule has 4 fully saturated rings. The summed E-state index contributed by atoms with van der Waals surface area (Å²) in [7, 11) is 0. The molecule has 0 aromatic carbocycles. The molecule has 0 N–H and O–H groups in total. The van der Waals surface area contributed by atoms with Crippen LogP contribution in [0.3, 0.4) is 0 Å². The summed E-state index contributed by atoms with van der Waals surface area (Å²) in [4.78, 5) is 0. The molecule has 0 aromatic heterocycles. The average Bonchev–Trinajstić information content (AvgIpc) is 2.78. The molecule has 7 atom stereocenters. The van der Waals surface area contributed by atoms with Crippen molar-refractivity contribution in [3.05, 3.63) is 0 Å². The molecule has 30 heavy (non-hydrogen) atoms. The van der Waals surface area contributed by atoms with E-state index in [4.69, 9.17) is 4.74 Å². The van der Waals surface area contributed by atoms with Gasteiger partial charge in [-0.25, -0.2) is 13.2 Å². The number of halogens is 4. The number of ether oxygens (including phenoxy) is 1. The van der Waals surface area contributed by atoms with E-state index < -0.39 is 24.6 Å². The Balaban J connectivity index is 1.18. The highest BCUT2D eigenvalue weighted by Gasteiger charge is 2.44. The fourth-order valence-corrected chi connectivity index (χ4v) is 7.63. The SMILES string of the molecule is FC1CC(C2CCC(COC3CCC(C4CCCCC4)C(F)[C@H]3F)CC2)CCC1I. The summed E-state index contributed by atoms with van der Waals surface area (Å²) in [5.74, 6) is 1.95. The fraction of sp³-hybridized carbons (Fsp3) is 1.00. The van der Waals surface area contributed by atoms with Crippen LogP contribution in [0.25, 0.3) is 0 Å². The first kappa shape index (κ1) is 23.6. The van der Waals surface area contributed by atoms with E-state index in [1.54, 1.807) is 0 Å². The minimum Gasteiger partial charge on any atom is -0.375 e. The Kier molecular flexibility index (Phi) is 8.72. The normalized spacial score (nSPS) is 46.6. The molecule has 6 unspecified atom stereocenters. The minimum atomic E-state index is -1.45. The van der Waals surface area contributed by atoms with Gasteiger partial charge in [0.15, 0.2) is 6.17 Å². The van der Waals surface area contributed by atoms with Crippen LogP contribution in [0, 0.1) is 29.6 Å². The van der Waals surface area contributed by atoms with Gasteiger partial charge < -0.3 is 4.74 Å². The van der Waals surface area contributed by atoms with Crippen molar-refractivity contribution in [2.45, 2.75) is 118 Å². The van der Waals surface area contributed by atoms with Crippen LogP contribution in [-0.2, 0) is 4.74 Å². The molecule has 0 spiro atoms. The maximum Gasteiger partial charge on any atom is 0.157 e. The van der Waals surface area contributed by atoms with Gasteiger partial charge in [-0.1, -0.05) is 54.7 Å². The zero-order valence-electron chi connectivity index (χ0n) is 18.3. The molecule has 0 radical (unpaired) electrons. The molecule has 0 aromatic rings. The van der Waals surface area contributed by atoms with E-state index in [1.165, 1.54) is 25.7 Å². The highest BCUT2D eigenvalue weighted by Crippen LogP contribution is 2.44. The van der Waals surface area contributed by atoms with Gasteiger partial charge in [0.25, 0.3) is 0 Å². The largest absolute Gasteiger partial charge is 0.375 e. The molecule has 4 rings (SSSR count). The first-order valence-corrected chi connectivity index (χ1v) is 14.0. The highest BCUT2D eigenvalue weighted by molar-refractivity contribution is 14.1. The molecule has 174 valence electrons. The average molecular weight is 540 g/mol. The van der Waals surface area contributed by atoms with Gasteiger partial charge >= 0.3 is 0 Å². The third-order valence-corrected chi connectivity index (χ3v) is 10.3. The van der Waals surface area contributed by atoms with Crippen molar-refractivity contribution < 1.29 is 17.9 Å². The van der Waals surface area contributed by atoms with E-state index in [9.17, 15) is 13.2 Å². The second-order valence-electron chi connectivity index (χ2n) is 10.8. The van der Waals surface area contributed by atoms with Crippen molar-refractivity contribution in [3.63, 3.8) is 0 Å². The molecule has 4 aliphatic rings. The smallest absolute Gasteiger partial charge is 0.157 e. The lowest BCUT2D eigenvalue weighted by Gasteiger charge is -2.41. The minimum absolute atomic E-state index is 0.0902. The van der Waals surface area contributed by atoms with Crippen molar-refractivity contribution in [3.8, 4) is 0 Å². The number of hydrogen-bond acceptors (Lipinski definition) is 1. The van der Waals surface area contributed by atoms with E-state index in [0.717, 1.165) is 57.8 Å². The summed E-state index contributed by atoms with van der Waals surface area (Å²) in [6, 6.07) is 0. The van der Waals surface area contributed by atoms with Crippen LogP contribution in [-0.4, -0.2) is 35.2 Å². The summed E-state index contributed by atoms with van der Waals surface area (Å²) < 4.78 is 50.0. The van der Waals surface area contributed by atoms with Crippen molar-refractivity contribution in [1.82, 2.24) is 0 Å². The Morgan fingerprint density at radius 3 is 2.07 bits per heavy atom. The molecular formula is C25H40F3IO. The van der Waals surface area contributed by atoms with Gasteiger partial charge in [-0.05, 0) is 87.4 Å².